The smallest absolute Gasteiger partial charge is 0.228 e. The number of carbonyl (C=O) groups is 2. The highest BCUT2D eigenvalue weighted by Gasteiger charge is 2.16. The van der Waals surface area contributed by atoms with Crippen LogP contribution in [0.5, 0.6) is 0 Å². The zero-order chi connectivity index (χ0) is 21.0. The minimum absolute atomic E-state index is 0.0664. The summed E-state index contributed by atoms with van der Waals surface area (Å²) in [6, 6.07) is 20.4. The number of amides is 1. The van der Waals surface area contributed by atoms with E-state index in [4.69, 9.17) is 0 Å². The van der Waals surface area contributed by atoms with Crippen molar-refractivity contribution in [2.75, 3.05) is 11.6 Å². The number of aryl methyl sites for hydroxylation is 1. The Labute approximate surface area is 170 Å². The van der Waals surface area contributed by atoms with Crippen molar-refractivity contribution in [1.29, 1.82) is 0 Å². The highest BCUT2D eigenvalue weighted by atomic mass is 32.2. The van der Waals surface area contributed by atoms with Crippen molar-refractivity contribution in [1.82, 2.24) is 0 Å². The molecule has 0 saturated carbocycles. The fraction of sp³-hybridized carbons (Fsp3) is 0.130. The van der Waals surface area contributed by atoms with Crippen LogP contribution in [0.3, 0.4) is 0 Å². The van der Waals surface area contributed by atoms with Crippen molar-refractivity contribution in [3.05, 3.63) is 95.1 Å². The molecule has 5 nitrogen and oxygen atoms in total. The van der Waals surface area contributed by atoms with Gasteiger partial charge in [-0.05, 0) is 36.8 Å². The number of anilines is 1. The number of hydrogen-bond donors (Lipinski definition) is 1. The monoisotopic (exact) mass is 407 g/mol. The second-order valence-corrected chi connectivity index (χ2v) is 8.90. The van der Waals surface area contributed by atoms with Crippen LogP contribution in [0.2, 0.25) is 0 Å². The molecule has 1 amide bonds. The summed E-state index contributed by atoms with van der Waals surface area (Å²) < 4.78 is 23.1. The van der Waals surface area contributed by atoms with Gasteiger partial charge in [0.1, 0.15) is 0 Å². The topological polar surface area (TPSA) is 80.3 Å². The van der Waals surface area contributed by atoms with Crippen LogP contribution < -0.4 is 5.32 Å². The minimum atomic E-state index is -3.28. The Bertz CT molecular complexity index is 1150. The van der Waals surface area contributed by atoms with Crippen LogP contribution in [-0.4, -0.2) is 26.4 Å². The SMILES string of the molecule is Cc1ccc(NC(=O)Cc2ccc(S(C)(=O)=O)cc2)c(C(=O)c2ccccc2)c1. The molecule has 0 aliphatic heterocycles. The summed E-state index contributed by atoms with van der Waals surface area (Å²) in [5.74, 6) is -0.454. The van der Waals surface area contributed by atoms with Gasteiger partial charge in [0.15, 0.2) is 15.6 Å². The Balaban J connectivity index is 1.79. The molecule has 3 rings (SSSR count). The molecule has 0 aliphatic rings. The van der Waals surface area contributed by atoms with E-state index in [1.54, 1.807) is 48.5 Å². The largest absolute Gasteiger partial charge is 0.325 e. The standard InChI is InChI=1S/C23H21NO4S/c1-16-8-13-21(20(14-16)23(26)18-6-4-3-5-7-18)24-22(25)15-17-9-11-19(12-10-17)29(2,27)28/h3-14H,15H2,1-2H3,(H,24,25). The maximum absolute atomic E-state index is 12.9. The summed E-state index contributed by atoms with van der Waals surface area (Å²) in [5, 5.41) is 2.80. The van der Waals surface area contributed by atoms with Crippen LogP contribution in [-0.2, 0) is 21.1 Å². The van der Waals surface area contributed by atoms with E-state index in [0.717, 1.165) is 11.8 Å². The van der Waals surface area contributed by atoms with Gasteiger partial charge in [0.2, 0.25) is 5.91 Å². The van der Waals surface area contributed by atoms with Crippen molar-refractivity contribution in [3.63, 3.8) is 0 Å². The summed E-state index contributed by atoms with van der Waals surface area (Å²) in [6.45, 7) is 1.89. The molecular formula is C23H21NO4S. The Hall–Kier alpha value is -3.25. The predicted octanol–water partition coefficient (Wildman–Crippen LogP) is 3.81. The van der Waals surface area contributed by atoms with Gasteiger partial charge in [0.05, 0.1) is 17.0 Å². The maximum Gasteiger partial charge on any atom is 0.228 e. The van der Waals surface area contributed by atoms with Crippen molar-refractivity contribution < 1.29 is 18.0 Å². The number of sulfone groups is 1. The fourth-order valence-corrected chi connectivity index (χ4v) is 3.56. The molecular weight excluding hydrogens is 386 g/mol. The summed E-state index contributed by atoms with van der Waals surface area (Å²) in [5.41, 5.74) is 3.01. The number of benzene rings is 3. The van der Waals surface area contributed by atoms with Gasteiger partial charge in [-0.3, -0.25) is 9.59 Å². The molecule has 1 N–H and O–H groups in total. The molecule has 0 spiro atoms. The van der Waals surface area contributed by atoms with Crippen molar-refractivity contribution >= 4 is 27.2 Å². The normalized spacial score (nSPS) is 11.1. The van der Waals surface area contributed by atoms with Crippen molar-refractivity contribution in [2.45, 2.75) is 18.2 Å². The molecule has 3 aromatic carbocycles. The molecule has 0 saturated heterocycles. The molecule has 0 aliphatic carbocycles. The average Bonchev–Trinajstić information content (AvgIpc) is 2.69. The zero-order valence-electron chi connectivity index (χ0n) is 16.2. The first-order valence-corrected chi connectivity index (χ1v) is 10.9. The summed E-state index contributed by atoms with van der Waals surface area (Å²) in [7, 11) is -3.28. The van der Waals surface area contributed by atoms with Gasteiger partial charge < -0.3 is 5.32 Å². The van der Waals surface area contributed by atoms with Crippen molar-refractivity contribution in [2.24, 2.45) is 0 Å². The zero-order valence-corrected chi connectivity index (χ0v) is 17.0. The number of hydrogen-bond acceptors (Lipinski definition) is 4. The van der Waals surface area contributed by atoms with Crippen LogP contribution in [0.1, 0.15) is 27.0 Å². The Morgan fingerprint density at radius 2 is 1.55 bits per heavy atom. The quantitative estimate of drug-likeness (QED) is 0.630. The maximum atomic E-state index is 12.9. The molecule has 0 aromatic heterocycles. The second kappa shape index (κ2) is 8.41. The lowest BCUT2D eigenvalue weighted by atomic mass is 9.99. The third kappa shape index (κ3) is 5.18. The molecule has 148 valence electrons. The third-order valence-corrected chi connectivity index (χ3v) is 5.57. The van der Waals surface area contributed by atoms with E-state index >= 15 is 0 Å². The highest BCUT2D eigenvalue weighted by molar-refractivity contribution is 7.90. The summed E-state index contributed by atoms with van der Waals surface area (Å²) in [4.78, 5) is 25.6. The first-order chi connectivity index (χ1) is 13.7. The Morgan fingerprint density at radius 1 is 0.897 bits per heavy atom. The second-order valence-electron chi connectivity index (χ2n) is 6.89. The summed E-state index contributed by atoms with van der Waals surface area (Å²) in [6.07, 6.45) is 1.20. The molecule has 0 atom stereocenters. The van der Waals surface area contributed by atoms with Gasteiger partial charge in [-0.25, -0.2) is 8.42 Å². The minimum Gasteiger partial charge on any atom is -0.325 e. The van der Waals surface area contributed by atoms with Crippen LogP contribution >= 0.6 is 0 Å². The van der Waals surface area contributed by atoms with E-state index in [1.807, 2.05) is 19.1 Å². The van der Waals surface area contributed by atoms with E-state index in [-0.39, 0.29) is 23.0 Å². The van der Waals surface area contributed by atoms with Crippen molar-refractivity contribution in [3.8, 4) is 0 Å². The van der Waals surface area contributed by atoms with Crippen LogP contribution in [0.4, 0.5) is 5.69 Å². The molecule has 0 bridgehead atoms. The average molecular weight is 407 g/mol. The van der Waals surface area contributed by atoms with Gasteiger partial charge in [-0.1, -0.05) is 54.1 Å². The Morgan fingerprint density at radius 3 is 2.17 bits per heavy atom. The lowest BCUT2D eigenvalue weighted by Gasteiger charge is -2.12. The molecule has 0 radical (unpaired) electrons. The molecule has 6 heteroatoms. The first-order valence-electron chi connectivity index (χ1n) is 9.03. The van der Waals surface area contributed by atoms with Gasteiger partial charge in [-0.15, -0.1) is 0 Å². The van der Waals surface area contributed by atoms with Gasteiger partial charge in [-0.2, -0.15) is 0 Å². The summed E-state index contributed by atoms with van der Waals surface area (Å²) >= 11 is 0. The predicted molar refractivity (Wildman–Crippen MR) is 113 cm³/mol. The highest BCUT2D eigenvalue weighted by Crippen LogP contribution is 2.22. The number of carbonyl (C=O) groups excluding carboxylic acids is 2. The van der Waals surface area contributed by atoms with E-state index in [1.165, 1.54) is 12.1 Å². The fourth-order valence-electron chi connectivity index (χ4n) is 2.93. The molecule has 0 fully saturated rings. The number of nitrogens with one attached hydrogen (secondary N) is 1. The van der Waals surface area contributed by atoms with Gasteiger partial charge in [0.25, 0.3) is 0 Å². The van der Waals surface area contributed by atoms with Crippen LogP contribution in [0.25, 0.3) is 0 Å². The first kappa shape index (κ1) is 20.5. The van der Waals surface area contributed by atoms with Crippen LogP contribution in [0, 0.1) is 6.92 Å². The molecule has 0 heterocycles. The van der Waals surface area contributed by atoms with E-state index in [9.17, 15) is 18.0 Å². The Kier molecular flexibility index (Phi) is 5.94. The van der Waals surface area contributed by atoms with E-state index in [0.29, 0.717) is 22.4 Å². The number of ketones is 1. The lowest BCUT2D eigenvalue weighted by molar-refractivity contribution is -0.115. The lowest BCUT2D eigenvalue weighted by Crippen LogP contribution is -2.17. The third-order valence-electron chi connectivity index (χ3n) is 4.45. The van der Waals surface area contributed by atoms with E-state index < -0.39 is 9.84 Å². The molecule has 0 unspecified atom stereocenters. The molecule has 29 heavy (non-hydrogen) atoms. The van der Waals surface area contributed by atoms with Gasteiger partial charge >= 0.3 is 0 Å². The van der Waals surface area contributed by atoms with E-state index in [2.05, 4.69) is 5.32 Å². The molecule has 3 aromatic rings. The van der Waals surface area contributed by atoms with Gasteiger partial charge in [0, 0.05) is 17.4 Å². The number of rotatable bonds is 6. The van der Waals surface area contributed by atoms with Crippen LogP contribution in [0.15, 0.2) is 77.7 Å².